The van der Waals surface area contributed by atoms with E-state index in [9.17, 15) is 8.42 Å². The van der Waals surface area contributed by atoms with Crippen LogP contribution < -0.4 is 0 Å². The SMILES string of the molecule is CCCN(CC(Br)CC)S(=O)(=O)c1cccs1. The molecule has 0 N–H and O–H groups in total. The molecule has 0 amide bonds. The van der Waals surface area contributed by atoms with Crippen molar-refractivity contribution in [3.63, 3.8) is 0 Å². The fourth-order valence-electron chi connectivity index (χ4n) is 1.45. The van der Waals surface area contributed by atoms with Crippen LogP contribution in [0.2, 0.25) is 0 Å². The number of rotatable bonds is 7. The minimum Gasteiger partial charge on any atom is -0.206 e. The Morgan fingerprint density at radius 1 is 1.47 bits per heavy atom. The van der Waals surface area contributed by atoms with Gasteiger partial charge in [0.2, 0.25) is 0 Å². The maximum atomic E-state index is 12.4. The number of nitrogens with zero attached hydrogens (tertiary/aromatic N) is 1. The van der Waals surface area contributed by atoms with Crippen LogP contribution >= 0.6 is 27.3 Å². The number of hydrogen-bond acceptors (Lipinski definition) is 3. The molecule has 0 aliphatic carbocycles. The van der Waals surface area contributed by atoms with Crippen LogP contribution in [0, 0.1) is 0 Å². The normalized spacial score (nSPS) is 14.1. The van der Waals surface area contributed by atoms with Gasteiger partial charge in [-0.1, -0.05) is 35.8 Å². The fourth-order valence-corrected chi connectivity index (χ4v) is 4.71. The van der Waals surface area contributed by atoms with Gasteiger partial charge in [0.25, 0.3) is 10.0 Å². The Labute approximate surface area is 116 Å². The van der Waals surface area contributed by atoms with Crippen LogP contribution in [-0.2, 0) is 10.0 Å². The van der Waals surface area contributed by atoms with Gasteiger partial charge in [-0.3, -0.25) is 0 Å². The van der Waals surface area contributed by atoms with Crippen molar-refractivity contribution in [1.82, 2.24) is 4.31 Å². The van der Waals surface area contributed by atoms with Gasteiger partial charge in [-0.25, -0.2) is 8.42 Å². The zero-order valence-electron chi connectivity index (χ0n) is 10.1. The van der Waals surface area contributed by atoms with Crippen LogP contribution in [0.3, 0.4) is 0 Å². The summed E-state index contributed by atoms with van der Waals surface area (Å²) >= 11 is 4.77. The number of thiophene rings is 1. The molecule has 1 heterocycles. The third kappa shape index (κ3) is 4.05. The third-order valence-corrected chi connectivity index (χ3v) is 6.58. The minimum atomic E-state index is -3.30. The lowest BCUT2D eigenvalue weighted by molar-refractivity contribution is 0.409. The van der Waals surface area contributed by atoms with Crippen LogP contribution in [0.1, 0.15) is 26.7 Å². The molecule has 0 spiro atoms. The van der Waals surface area contributed by atoms with E-state index in [0.717, 1.165) is 12.8 Å². The van der Waals surface area contributed by atoms with Crippen LogP contribution in [0.4, 0.5) is 0 Å². The van der Waals surface area contributed by atoms with Gasteiger partial charge >= 0.3 is 0 Å². The molecule has 6 heteroatoms. The summed E-state index contributed by atoms with van der Waals surface area (Å²) in [5.41, 5.74) is 0. The van der Waals surface area contributed by atoms with E-state index in [2.05, 4.69) is 15.9 Å². The Bertz CT molecular complexity index is 417. The lowest BCUT2D eigenvalue weighted by Gasteiger charge is -2.22. The van der Waals surface area contributed by atoms with Crippen molar-refractivity contribution in [2.75, 3.05) is 13.1 Å². The first-order chi connectivity index (χ1) is 8.02. The molecule has 0 aromatic carbocycles. The molecule has 0 bridgehead atoms. The molecule has 3 nitrogen and oxygen atoms in total. The van der Waals surface area contributed by atoms with Crippen molar-refractivity contribution in [3.05, 3.63) is 17.5 Å². The summed E-state index contributed by atoms with van der Waals surface area (Å²) in [4.78, 5) is 0.212. The molecule has 1 aromatic heterocycles. The van der Waals surface area contributed by atoms with Crippen molar-refractivity contribution in [2.24, 2.45) is 0 Å². The Kier molecular flexibility index (Phi) is 6.12. The van der Waals surface area contributed by atoms with Crippen LogP contribution in [0.15, 0.2) is 21.7 Å². The Morgan fingerprint density at radius 2 is 2.18 bits per heavy atom. The van der Waals surface area contributed by atoms with Crippen LogP contribution in [0.25, 0.3) is 0 Å². The highest BCUT2D eigenvalue weighted by Gasteiger charge is 2.25. The lowest BCUT2D eigenvalue weighted by atomic mass is 10.3. The predicted molar refractivity (Wildman–Crippen MR) is 76.4 cm³/mol. The Hall–Kier alpha value is 0.0900. The van der Waals surface area contributed by atoms with Gasteiger partial charge in [0.15, 0.2) is 0 Å². The van der Waals surface area contributed by atoms with Gasteiger partial charge in [0.1, 0.15) is 4.21 Å². The van der Waals surface area contributed by atoms with E-state index in [0.29, 0.717) is 17.3 Å². The van der Waals surface area contributed by atoms with Crippen LogP contribution in [0.5, 0.6) is 0 Å². The largest absolute Gasteiger partial charge is 0.252 e. The molecule has 0 saturated carbocycles. The van der Waals surface area contributed by atoms with Crippen LogP contribution in [-0.4, -0.2) is 30.6 Å². The number of hydrogen-bond donors (Lipinski definition) is 0. The summed E-state index contributed by atoms with van der Waals surface area (Å²) in [5.74, 6) is 0. The zero-order valence-corrected chi connectivity index (χ0v) is 13.3. The van der Waals surface area contributed by atoms with Gasteiger partial charge in [-0.2, -0.15) is 4.31 Å². The first-order valence-electron chi connectivity index (χ1n) is 5.70. The summed E-state index contributed by atoms with van der Waals surface area (Å²) in [6.45, 7) is 5.14. The second kappa shape index (κ2) is 6.87. The second-order valence-corrected chi connectivity index (χ2v) is 8.21. The molecule has 98 valence electrons. The summed E-state index contributed by atoms with van der Waals surface area (Å²) in [6.07, 6.45) is 1.74. The molecule has 0 fully saturated rings. The molecule has 1 atom stereocenters. The minimum absolute atomic E-state index is 0.212. The standard InChI is InChI=1S/C11H18BrNO2S2/c1-3-7-13(9-10(12)4-2)17(14,15)11-6-5-8-16-11/h5-6,8,10H,3-4,7,9H2,1-2H3. The van der Waals surface area contributed by atoms with Crippen molar-refractivity contribution in [1.29, 1.82) is 0 Å². The molecule has 0 aliphatic rings. The number of alkyl halides is 1. The molecule has 0 radical (unpaired) electrons. The van der Waals surface area contributed by atoms with Gasteiger partial charge in [0, 0.05) is 17.9 Å². The smallest absolute Gasteiger partial charge is 0.206 e. The van der Waals surface area contributed by atoms with Gasteiger partial charge in [0.05, 0.1) is 0 Å². The number of sulfonamides is 1. The van der Waals surface area contributed by atoms with E-state index < -0.39 is 10.0 Å². The topological polar surface area (TPSA) is 37.4 Å². The lowest BCUT2D eigenvalue weighted by Crippen LogP contribution is -2.35. The van der Waals surface area contributed by atoms with E-state index in [1.807, 2.05) is 13.8 Å². The molecule has 17 heavy (non-hydrogen) atoms. The Morgan fingerprint density at radius 3 is 2.65 bits per heavy atom. The zero-order chi connectivity index (χ0) is 12.9. The van der Waals surface area contributed by atoms with E-state index >= 15 is 0 Å². The van der Waals surface area contributed by atoms with E-state index in [1.165, 1.54) is 11.3 Å². The summed E-state index contributed by atoms with van der Waals surface area (Å²) in [6, 6.07) is 3.44. The average Bonchev–Trinajstić information content (AvgIpc) is 2.82. The quantitative estimate of drug-likeness (QED) is 0.714. The second-order valence-electron chi connectivity index (χ2n) is 3.80. The van der Waals surface area contributed by atoms with Gasteiger partial charge in [-0.15, -0.1) is 11.3 Å². The highest BCUT2D eigenvalue weighted by Crippen LogP contribution is 2.22. The monoisotopic (exact) mass is 339 g/mol. The molecular weight excluding hydrogens is 322 g/mol. The maximum absolute atomic E-state index is 12.4. The molecule has 1 aromatic rings. The molecule has 0 aliphatic heterocycles. The van der Waals surface area contributed by atoms with E-state index in [1.54, 1.807) is 21.8 Å². The maximum Gasteiger partial charge on any atom is 0.252 e. The van der Waals surface area contributed by atoms with E-state index in [-0.39, 0.29) is 4.83 Å². The van der Waals surface area contributed by atoms with Crippen molar-refractivity contribution in [3.8, 4) is 0 Å². The summed E-state index contributed by atoms with van der Waals surface area (Å²) in [7, 11) is -3.30. The summed E-state index contributed by atoms with van der Waals surface area (Å²) in [5, 5.41) is 1.79. The third-order valence-electron chi connectivity index (χ3n) is 2.41. The van der Waals surface area contributed by atoms with Gasteiger partial charge < -0.3 is 0 Å². The first-order valence-corrected chi connectivity index (χ1v) is 8.93. The average molecular weight is 340 g/mol. The van der Waals surface area contributed by atoms with Crippen molar-refractivity contribution >= 4 is 37.3 Å². The Balaban J connectivity index is 2.90. The molecule has 1 unspecified atom stereocenters. The predicted octanol–water partition coefficient (Wildman–Crippen LogP) is 3.32. The highest BCUT2D eigenvalue weighted by atomic mass is 79.9. The highest BCUT2D eigenvalue weighted by molar-refractivity contribution is 9.09. The van der Waals surface area contributed by atoms with E-state index in [4.69, 9.17) is 0 Å². The molecule has 0 saturated heterocycles. The first kappa shape index (κ1) is 15.1. The van der Waals surface area contributed by atoms with Crippen molar-refractivity contribution < 1.29 is 8.42 Å². The molecular formula is C11H18BrNO2S2. The summed E-state index contributed by atoms with van der Waals surface area (Å²) < 4.78 is 26.7. The van der Waals surface area contributed by atoms with Gasteiger partial charge in [-0.05, 0) is 24.3 Å². The fraction of sp³-hybridized carbons (Fsp3) is 0.636. The molecule has 1 rings (SSSR count). The van der Waals surface area contributed by atoms with Crippen molar-refractivity contribution in [2.45, 2.75) is 35.7 Å². The number of halogens is 1.